The van der Waals surface area contributed by atoms with E-state index in [0.29, 0.717) is 6.04 Å². The van der Waals surface area contributed by atoms with Gasteiger partial charge in [-0.3, -0.25) is 0 Å². The number of piperidine rings is 2. The maximum Gasteiger partial charge on any atom is 0.0907 e. The van der Waals surface area contributed by atoms with E-state index in [1.165, 1.54) is 36.6 Å². The molecule has 100 valence electrons. The van der Waals surface area contributed by atoms with Gasteiger partial charge in [0, 0.05) is 24.9 Å². The predicted octanol–water partition coefficient (Wildman–Crippen LogP) is 2.92. The van der Waals surface area contributed by atoms with Crippen LogP contribution in [0.3, 0.4) is 0 Å². The van der Waals surface area contributed by atoms with Gasteiger partial charge in [-0.1, -0.05) is 13.8 Å². The van der Waals surface area contributed by atoms with E-state index < -0.39 is 0 Å². The minimum absolute atomic E-state index is 0.636. The zero-order valence-electron chi connectivity index (χ0n) is 12.4. The third-order valence-electron chi connectivity index (χ3n) is 5.44. The van der Waals surface area contributed by atoms with Crippen LogP contribution in [-0.2, 0) is 0 Å². The van der Waals surface area contributed by atoms with Crippen LogP contribution in [0.1, 0.15) is 59.8 Å². The maximum atomic E-state index is 3.78. The minimum Gasteiger partial charge on any atom is -0.319 e. The van der Waals surface area contributed by atoms with Gasteiger partial charge in [0.05, 0.1) is 25.2 Å². The summed E-state index contributed by atoms with van der Waals surface area (Å²) in [6.45, 7) is 9.39. The lowest BCUT2D eigenvalue weighted by molar-refractivity contribution is -0.985. The molecule has 0 aromatic rings. The third kappa shape index (κ3) is 2.39. The van der Waals surface area contributed by atoms with Gasteiger partial charge in [0.2, 0.25) is 0 Å². The Labute approximate surface area is 107 Å². The van der Waals surface area contributed by atoms with Crippen molar-refractivity contribution < 1.29 is 4.48 Å². The summed E-state index contributed by atoms with van der Waals surface area (Å²) >= 11 is 0. The predicted molar refractivity (Wildman–Crippen MR) is 74.0 cm³/mol. The molecule has 2 aliphatic rings. The number of hydrogen-bond acceptors (Lipinski definition) is 1. The summed E-state index contributed by atoms with van der Waals surface area (Å²) in [7, 11) is 2.52. The highest BCUT2D eigenvalue weighted by Gasteiger charge is 2.50. The molecular weight excluding hydrogens is 208 g/mol. The number of fused-ring (bicyclic) bond motifs is 2. The van der Waals surface area contributed by atoms with Crippen LogP contribution in [0.15, 0.2) is 0 Å². The van der Waals surface area contributed by atoms with E-state index in [1.54, 1.807) is 0 Å². The molecule has 2 heterocycles. The molecular formula is C15H31N2+. The fraction of sp³-hybridized carbons (Fsp3) is 1.00. The molecule has 2 nitrogen and oxygen atoms in total. The van der Waals surface area contributed by atoms with E-state index in [1.807, 2.05) is 0 Å². The summed E-state index contributed by atoms with van der Waals surface area (Å²) in [6, 6.07) is 4.00. The number of nitrogens with one attached hydrogen (secondary N) is 1. The Hall–Kier alpha value is -0.0800. The van der Waals surface area contributed by atoms with Crippen LogP contribution >= 0.6 is 0 Å². The van der Waals surface area contributed by atoms with Crippen molar-refractivity contribution in [3.05, 3.63) is 0 Å². The molecule has 2 bridgehead atoms. The quantitative estimate of drug-likeness (QED) is 0.747. The lowest BCUT2D eigenvalue weighted by Crippen LogP contribution is -2.69. The number of hydrogen-bond donors (Lipinski definition) is 1. The molecule has 0 amide bonds. The molecule has 0 spiro atoms. The van der Waals surface area contributed by atoms with Gasteiger partial charge in [-0.15, -0.1) is 0 Å². The van der Waals surface area contributed by atoms with E-state index in [-0.39, 0.29) is 0 Å². The number of nitrogens with zero attached hydrogens (tertiary/aromatic N) is 1. The van der Waals surface area contributed by atoms with Gasteiger partial charge in [0.1, 0.15) is 0 Å². The van der Waals surface area contributed by atoms with Crippen molar-refractivity contribution >= 4 is 0 Å². The summed E-state index contributed by atoms with van der Waals surface area (Å²) in [5.74, 6) is 0. The Kier molecular flexibility index (Phi) is 3.84. The van der Waals surface area contributed by atoms with Crippen molar-refractivity contribution in [1.29, 1.82) is 0 Å². The molecule has 0 aromatic heterocycles. The molecule has 0 radical (unpaired) electrons. The molecule has 17 heavy (non-hydrogen) atoms. The van der Waals surface area contributed by atoms with Gasteiger partial charge in [0.15, 0.2) is 0 Å². The highest BCUT2D eigenvalue weighted by Crippen LogP contribution is 2.41. The van der Waals surface area contributed by atoms with Crippen LogP contribution < -0.4 is 5.32 Å². The fourth-order valence-corrected chi connectivity index (χ4v) is 4.34. The van der Waals surface area contributed by atoms with E-state index in [2.05, 4.69) is 40.1 Å². The topological polar surface area (TPSA) is 12.0 Å². The first-order valence-corrected chi connectivity index (χ1v) is 7.56. The Balaban J connectivity index is 2.11. The maximum absolute atomic E-state index is 3.78. The third-order valence-corrected chi connectivity index (χ3v) is 5.44. The van der Waals surface area contributed by atoms with Gasteiger partial charge in [-0.2, -0.15) is 0 Å². The lowest BCUT2D eigenvalue weighted by atomic mass is 9.78. The zero-order valence-corrected chi connectivity index (χ0v) is 12.4. The highest BCUT2D eigenvalue weighted by atomic mass is 15.4. The van der Waals surface area contributed by atoms with Gasteiger partial charge < -0.3 is 9.80 Å². The molecule has 1 N–H and O–H groups in total. The summed E-state index contributed by atoms with van der Waals surface area (Å²) < 4.78 is 1.34. The van der Waals surface area contributed by atoms with Crippen LogP contribution in [-0.4, -0.2) is 41.7 Å². The van der Waals surface area contributed by atoms with Crippen molar-refractivity contribution in [2.75, 3.05) is 7.05 Å². The molecule has 2 saturated heterocycles. The fourth-order valence-electron chi connectivity index (χ4n) is 4.34. The van der Waals surface area contributed by atoms with Crippen molar-refractivity contribution in [2.24, 2.45) is 0 Å². The van der Waals surface area contributed by atoms with Crippen LogP contribution in [0, 0.1) is 0 Å². The van der Waals surface area contributed by atoms with Gasteiger partial charge in [0.25, 0.3) is 0 Å². The highest BCUT2D eigenvalue weighted by molar-refractivity contribution is 4.88. The molecule has 2 unspecified atom stereocenters. The molecule has 2 rings (SSSR count). The lowest BCUT2D eigenvalue weighted by Gasteiger charge is -2.58. The standard InChI is InChI=1S/C15H31N2/c1-11(2)16-13-9-14-7-6-8-15(10-13)17(14,5)12(3)4/h11-16H,6-10H2,1-5H3/q+1/t13?,14-,15+,17?. The summed E-state index contributed by atoms with van der Waals surface area (Å²) in [5.41, 5.74) is 0. The van der Waals surface area contributed by atoms with Crippen LogP contribution in [0.5, 0.6) is 0 Å². The summed E-state index contributed by atoms with van der Waals surface area (Å²) in [5, 5.41) is 3.78. The molecule has 2 heteroatoms. The first-order valence-electron chi connectivity index (χ1n) is 7.56. The molecule has 4 atom stereocenters. The smallest absolute Gasteiger partial charge is 0.0907 e. The second kappa shape index (κ2) is 4.89. The van der Waals surface area contributed by atoms with E-state index >= 15 is 0 Å². The molecule has 2 fully saturated rings. The van der Waals surface area contributed by atoms with Crippen LogP contribution in [0.4, 0.5) is 0 Å². The average Bonchev–Trinajstić information content (AvgIpc) is 2.18. The van der Waals surface area contributed by atoms with Crippen molar-refractivity contribution in [3.8, 4) is 0 Å². The van der Waals surface area contributed by atoms with Crippen LogP contribution in [0.25, 0.3) is 0 Å². The molecule has 0 saturated carbocycles. The number of rotatable bonds is 3. The van der Waals surface area contributed by atoms with Gasteiger partial charge in [-0.25, -0.2) is 0 Å². The Morgan fingerprint density at radius 1 is 1.00 bits per heavy atom. The van der Waals surface area contributed by atoms with E-state index in [0.717, 1.165) is 24.2 Å². The first-order chi connectivity index (χ1) is 7.94. The second-order valence-corrected chi connectivity index (χ2v) is 7.04. The van der Waals surface area contributed by atoms with Crippen molar-refractivity contribution in [1.82, 2.24) is 5.32 Å². The largest absolute Gasteiger partial charge is 0.319 e. The van der Waals surface area contributed by atoms with Crippen molar-refractivity contribution in [2.45, 2.75) is 90.0 Å². The monoisotopic (exact) mass is 239 g/mol. The average molecular weight is 239 g/mol. The zero-order chi connectivity index (χ0) is 12.6. The normalized spacial score (nSPS) is 42.2. The number of quaternary nitrogens is 1. The summed E-state index contributed by atoms with van der Waals surface area (Å²) in [4.78, 5) is 0. The molecule has 0 aromatic carbocycles. The molecule has 2 aliphatic heterocycles. The Bertz CT molecular complexity index is 246. The van der Waals surface area contributed by atoms with Gasteiger partial charge >= 0.3 is 0 Å². The second-order valence-electron chi connectivity index (χ2n) is 7.04. The van der Waals surface area contributed by atoms with E-state index in [9.17, 15) is 0 Å². The minimum atomic E-state index is 0.636. The van der Waals surface area contributed by atoms with Crippen molar-refractivity contribution in [3.63, 3.8) is 0 Å². The Morgan fingerprint density at radius 3 is 1.94 bits per heavy atom. The van der Waals surface area contributed by atoms with Gasteiger partial charge in [-0.05, 0) is 33.1 Å². The summed E-state index contributed by atoms with van der Waals surface area (Å²) in [6.07, 6.45) is 7.14. The van der Waals surface area contributed by atoms with E-state index in [4.69, 9.17) is 0 Å². The molecule has 0 aliphatic carbocycles. The first kappa shape index (κ1) is 13.4. The van der Waals surface area contributed by atoms with Crippen LogP contribution in [0.2, 0.25) is 0 Å². The Morgan fingerprint density at radius 2 is 1.53 bits per heavy atom. The SMILES string of the molecule is CC(C)NC1C[C@H]2CCC[C@@H](C1)[N+]2(C)C(C)C.